The molecule has 1 N–H and O–H groups in total. The maximum absolute atomic E-state index is 12.2. The van der Waals surface area contributed by atoms with E-state index < -0.39 is 0 Å². The van der Waals surface area contributed by atoms with Crippen LogP contribution >= 0.6 is 39.3 Å². The normalized spacial score (nSPS) is 11.0. The Morgan fingerprint density at radius 2 is 1.87 bits per heavy atom. The van der Waals surface area contributed by atoms with Crippen LogP contribution in [0.15, 0.2) is 74.4 Å². The van der Waals surface area contributed by atoms with Crippen LogP contribution in [0.5, 0.6) is 0 Å². The molecule has 0 aliphatic rings. The third-order valence-electron chi connectivity index (χ3n) is 4.51. The summed E-state index contributed by atoms with van der Waals surface area (Å²) >= 11 is 10.9. The fourth-order valence-electron chi connectivity index (χ4n) is 2.95. The zero-order valence-electron chi connectivity index (χ0n) is 16.1. The minimum absolute atomic E-state index is 0.0689. The maximum atomic E-state index is 12.2. The van der Waals surface area contributed by atoms with Crippen LogP contribution in [0.1, 0.15) is 12.5 Å². The highest BCUT2D eigenvalue weighted by molar-refractivity contribution is 9.10. The minimum Gasteiger partial charge on any atom is -0.435 e. The molecule has 4 aromatic rings. The van der Waals surface area contributed by atoms with Crippen molar-refractivity contribution in [1.82, 2.24) is 4.98 Å². The van der Waals surface area contributed by atoms with E-state index in [9.17, 15) is 4.79 Å². The van der Waals surface area contributed by atoms with Crippen LogP contribution in [0, 0.1) is 0 Å². The van der Waals surface area contributed by atoms with E-state index in [2.05, 4.69) is 39.2 Å². The first kappa shape index (κ1) is 21.0. The van der Waals surface area contributed by atoms with Gasteiger partial charge in [0.25, 0.3) is 0 Å². The highest BCUT2D eigenvalue weighted by atomic mass is 79.9. The molecule has 30 heavy (non-hydrogen) atoms. The van der Waals surface area contributed by atoms with Gasteiger partial charge in [0.15, 0.2) is 5.58 Å². The molecule has 0 bridgehead atoms. The molecule has 1 heterocycles. The predicted octanol–water partition coefficient (Wildman–Crippen LogP) is 7.20. The first-order valence-corrected chi connectivity index (χ1v) is 11.5. The van der Waals surface area contributed by atoms with Crippen LogP contribution in [0.25, 0.3) is 22.6 Å². The number of thioether (sulfide) groups is 1. The quantitative estimate of drug-likeness (QED) is 0.284. The van der Waals surface area contributed by atoms with Gasteiger partial charge in [-0.1, -0.05) is 18.5 Å². The van der Waals surface area contributed by atoms with Gasteiger partial charge in [0.05, 0.1) is 10.2 Å². The zero-order valence-corrected chi connectivity index (χ0v) is 19.3. The molecule has 0 unspecified atom stereocenters. The number of rotatable bonds is 6. The van der Waals surface area contributed by atoms with E-state index in [1.54, 1.807) is 0 Å². The first-order chi connectivity index (χ1) is 14.5. The first-order valence-electron chi connectivity index (χ1n) is 9.39. The van der Waals surface area contributed by atoms with Crippen molar-refractivity contribution in [3.05, 3.63) is 75.7 Å². The van der Waals surface area contributed by atoms with Crippen LogP contribution in [-0.2, 0) is 11.2 Å². The third-order valence-corrected chi connectivity index (χ3v) is 6.36. The van der Waals surface area contributed by atoms with Crippen molar-refractivity contribution in [2.45, 2.75) is 18.2 Å². The van der Waals surface area contributed by atoms with Crippen LogP contribution < -0.4 is 5.32 Å². The summed E-state index contributed by atoms with van der Waals surface area (Å²) in [6, 6.07) is 19.0. The summed E-state index contributed by atoms with van der Waals surface area (Å²) in [7, 11) is 0. The van der Waals surface area contributed by atoms with E-state index in [1.807, 2.05) is 54.6 Å². The number of nitrogens with zero attached hydrogens (tertiary/aromatic N) is 1. The maximum Gasteiger partial charge on any atom is 0.234 e. The molecule has 4 rings (SSSR count). The number of hydrogen-bond donors (Lipinski definition) is 1. The second-order valence-corrected chi connectivity index (χ2v) is 9.01. The Kier molecular flexibility index (Phi) is 6.46. The van der Waals surface area contributed by atoms with E-state index >= 15 is 0 Å². The number of nitrogens with one attached hydrogen (secondary N) is 1. The standard InChI is InChI=1S/C23H18BrClN2O2S/c1-2-14-11-19(24)22-20(12-14)27-23(29-22)15-3-7-17(8-4-15)26-21(28)13-30-18-9-5-16(25)6-10-18/h3-12H,2,13H2,1H3,(H,26,28). The van der Waals surface area contributed by atoms with Crippen molar-refractivity contribution < 1.29 is 9.21 Å². The van der Waals surface area contributed by atoms with Gasteiger partial charge in [-0.25, -0.2) is 4.98 Å². The topological polar surface area (TPSA) is 55.1 Å². The molecule has 0 aliphatic carbocycles. The minimum atomic E-state index is -0.0689. The number of amides is 1. The van der Waals surface area contributed by atoms with Gasteiger partial charge in [-0.3, -0.25) is 4.79 Å². The van der Waals surface area contributed by atoms with Crippen LogP contribution in [-0.4, -0.2) is 16.6 Å². The van der Waals surface area contributed by atoms with Crippen molar-refractivity contribution in [2.75, 3.05) is 11.1 Å². The molecule has 4 nitrogen and oxygen atoms in total. The van der Waals surface area contributed by atoms with Crippen molar-refractivity contribution in [1.29, 1.82) is 0 Å². The molecule has 7 heteroatoms. The Morgan fingerprint density at radius 1 is 1.13 bits per heavy atom. The largest absolute Gasteiger partial charge is 0.435 e. The van der Waals surface area contributed by atoms with Crippen molar-refractivity contribution in [2.24, 2.45) is 0 Å². The number of fused-ring (bicyclic) bond motifs is 1. The molecule has 0 radical (unpaired) electrons. The van der Waals surface area contributed by atoms with E-state index in [0.29, 0.717) is 16.7 Å². The monoisotopic (exact) mass is 500 g/mol. The lowest BCUT2D eigenvalue weighted by Crippen LogP contribution is -2.13. The number of carbonyl (C=O) groups excluding carboxylic acids is 1. The number of hydrogen-bond acceptors (Lipinski definition) is 4. The van der Waals surface area contributed by atoms with E-state index in [0.717, 1.165) is 38.1 Å². The highest BCUT2D eigenvalue weighted by Crippen LogP contribution is 2.31. The third kappa shape index (κ3) is 4.89. The molecular weight excluding hydrogens is 484 g/mol. The van der Waals surface area contributed by atoms with Gasteiger partial charge in [0.1, 0.15) is 5.52 Å². The molecule has 152 valence electrons. The Bertz CT molecular complexity index is 1190. The van der Waals surface area contributed by atoms with E-state index in [-0.39, 0.29) is 5.91 Å². The van der Waals surface area contributed by atoms with E-state index in [4.69, 9.17) is 16.0 Å². The number of aromatic nitrogens is 1. The molecule has 3 aromatic carbocycles. The summed E-state index contributed by atoms with van der Waals surface area (Å²) in [4.78, 5) is 17.8. The summed E-state index contributed by atoms with van der Waals surface area (Å²) in [5, 5.41) is 3.59. The van der Waals surface area contributed by atoms with Gasteiger partial charge >= 0.3 is 0 Å². The molecular formula is C23H18BrClN2O2S. The molecule has 0 saturated heterocycles. The SMILES string of the molecule is CCc1cc(Br)c2oc(-c3ccc(NC(=O)CSc4ccc(Cl)cc4)cc3)nc2c1. The number of anilines is 1. The molecule has 0 saturated carbocycles. The lowest BCUT2D eigenvalue weighted by atomic mass is 10.1. The second-order valence-electron chi connectivity index (χ2n) is 6.67. The molecule has 0 aliphatic heterocycles. The fourth-order valence-corrected chi connectivity index (χ4v) is 4.35. The van der Waals surface area contributed by atoms with Gasteiger partial charge in [-0.15, -0.1) is 11.8 Å². The number of benzene rings is 3. The van der Waals surface area contributed by atoms with Crippen LogP contribution in [0.2, 0.25) is 5.02 Å². The molecule has 0 atom stereocenters. The number of oxazole rings is 1. The summed E-state index contributed by atoms with van der Waals surface area (Å²) in [5.41, 5.74) is 4.34. The predicted molar refractivity (Wildman–Crippen MR) is 127 cm³/mol. The summed E-state index contributed by atoms with van der Waals surface area (Å²) in [6.45, 7) is 2.11. The molecule has 0 fully saturated rings. The van der Waals surface area contributed by atoms with Crippen molar-refractivity contribution in [3.8, 4) is 11.5 Å². The lowest BCUT2D eigenvalue weighted by Gasteiger charge is -2.06. The summed E-state index contributed by atoms with van der Waals surface area (Å²) < 4.78 is 6.84. The van der Waals surface area contributed by atoms with Gasteiger partial charge in [-0.2, -0.15) is 0 Å². The molecule has 1 aromatic heterocycles. The Balaban J connectivity index is 1.42. The van der Waals surface area contributed by atoms with E-state index in [1.165, 1.54) is 17.3 Å². The zero-order chi connectivity index (χ0) is 21.1. The Labute approximate surface area is 192 Å². The highest BCUT2D eigenvalue weighted by Gasteiger charge is 2.12. The summed E-state index contributed by atoms with van der Waals surface area (Å²) in [6.07, 6.45) is 0.932. The fraction of sp³-hybridized carbons (Fsp3) is 0.130. The van der Waals surface area contributed by atoms with Crippen LogP contribution in [0.3, 0.4) is 0 Å². The van der Waals surface area contributed by atoms with Gasteiger partial charge in [0.2, 0.25) is 11.8 Å². The second kappa shape index (κ2) is 9.25. The lowest BCUT2D eigenvalue weighted by molar-refractivity contribution is -0.113. The average molecular weight is 502 g/mol. The van der Waals surface area contributed by atoms with Gasteiger partial charge < -0.3 is 9.73 Å². The van der Waals surface area contributed by atoms with Gasteiger partial charge in [-0.05, 0) is 88.6 Å². The Morgan fingerprint density at radius 3 is 2.57 bits per heavy atom. The Hall–Kier alpha value is -2.28. The van der Waals surface area contributed by atoms with Crippen LogP contribution in [0.4, 0.5) is 5.69 Å². The van der Waals surface area contributed by atoms with Crippen molar-refractivity contribution in [3.63, 3.8) is 0 Å². The molecule has 0 spiro atoms. The smallest absolute Gasteiger partial charge is 0.234 e. The number of halogens is 2. The number of aryl methyl sites for hydroxylation is 1. The average Bonchev–Trinajstić information content (AvgIpc) is 3.18. The van der Waals surface area contributed by atoms with Gasteiger partial charge in [0, 0.05) is 21.2 Å². The van der Waals surface area contributed by atoms with Crippen molar-refractivity contribution >= 4 is 62.0 Å². The number of carbonyl (C=O) groups is 1. The summed E-state index contributed by atoms with van der Waals surface area (Å²) in [5.74, 6) is 0.804. The molecule has 1 amide bonds.